The largest absolute Gasteiger partial charge is 0.481 e. The van der Waals surface area contributed by atoms with Gasteiger partial charge in [-0.05, 0) is 24.3 Å². The molecule has 6 nitrogen and oxygen atoms in total. The molecule has 0 unspecified atom stereocenters. The van der Waals surface area contributed by atoms with Gasteiger partial charge < -0.3 is 10.2 Å². The molecular formula is C34H24CdCl2N2O4S2. The van der Waals surface area contributed by atoms with Crippen molar-refractivity contribution < 1.29 is 47.1 Å². The molecule has 0 aliphatic carbocycles. The molecule has 0 bridgehead atoms. The summed E-state index contributed by atoms with van der Waals surface area (Å²) in [4.78, 5) is 33.0. The van der Waals surface area contributed by atoms with E-state index in [2.05, 4.69) is 9.97 Å². The Morgan fingerprint density at radius 1 is 0.533 bits per heavy atom. The molecule has 0 atom stereocenters. The first-order valence-corrected chi connectivity index (χ1v) is 15.7. The minimum absolute atomic E-state index is 0. The van der Waals surface area contributed by atoms with Crippen molar-refractivity contribution in [1.29, 1.82) is 0 Å². The van der Waals surface area contributed by atoms with Crippen LogP contribution in [-0.4, -0.2) is 32.1 Å². The third-order valence-electron chi connectivity index (χ3n) is 6.30. The number of nitrogens with zero attached hydrogens (tertiary/aromatic N) is 2. The normalized spacial score (nSPS) is 10.4. The first-order chi connectivity index (χ1) is 21.3. The second kappa shape index (κ2) is 16.2. The van der Waals surface area contributed by atoms with Gasteiger partial charge in [-0.2, -0.15) is 0 Å². The Balaban J connectivity index is 0.000000200. The van der Waals surface area contributed by atoms with Gasteiger partial charge in [0.25, 0.3) is 0 Å². The number of hydrogen-bond acceptors (Lipinski definition) is 6. The smallest absolute Gasteiger partial charge is 0.308 e. The molecule has 0 saturated heterocycles. The van der Waals surface area contributed by atoms with Crippen molar-refractivity contribution in [2.75, 3.05) is 0 Å². The number of benzene rings is 4. The van der Waals surface area contributed by atoms with Gasteiger partial charge in [-0.15, -0.1) is 22.7 Å². The number of hydrogen-bond donors (Lipinski definition) is 2. The molecule has 6 rings (SSSR count). The number of thiazole rings is 2. The van der Waals surface area contributed by atoms with Crippen molar-refractivity contribution in [2.24, 2.45) is 0 Å². The second-order valence-electron chi connectivity index (χ2n) is 9.47. The zero-order valence-electron chi connectivity index (χ0n) is 23.7. The van der Waals surface area contributed by atoms with Crippen LogP contribution in [0.15, 0.2) is 109 Å². The molecule has 11 heteroatoms. The zero-order chi connectivity index (χ0) is 31.1. The summed E-state index contributed by atoms with van der Waals surface area (Å²) in [5.74, 6) is -1.73. The summed E-state index contributed by atoms with van der Waals surface area (Å²) >= 11 is 14.7. The molecule has 0 radical (unpaired) electrons. The van der Waals surface area contributed by atoms with Gasteiger partial charge in [-0.3, -0.25) is 9.59 Å². The van der Waals surface area contributed by atoms with Gasteiger partial charge in [0.15, 0.2) is 0 Å². The maximum atomic E-state index is 11.1. The van der Waals surface area contributed by atoms with Crippen LogP contribution in [0.1, 0.15) is 9.75 Å². The predicted octanol–water partition coefficient (Wildman–Crippen LogP) is 9.51. The quantitative estimate of drug-likeness (QED) is 0.150. The Morgan fingerprint density at radius 2 is 0.867 bits per heavy atom. The summed E-state index contributed by atoms with van der Waals surface area (Å²) in [5, 5.41) is 21.2. The fourth-order valence-corrected chi connectivity index (χ4v) is 6.70. The van der Waals surface area contributed by atoms with E-state index in [0.717, 1.165) is 42.0 Å². The molecule has 2 aromatic heterocycles. The van der Waals surface area contributed by atoms with Gasteiger partial charge in [0.1, 0.15) is 10.0 Å². The average Bonchev–Trinajstić information content (AvgIpc) is 3.63. The Bertz CT molecular complexity index is 1740. The Kier molecular flexibility index (Phi) is 12.4. The molecule has 6 aromatic rings. The van der Waals surface area contributed by atoms with Crippen LogP contribution >= 0.6 is 45.9 Å². The van der Waals surface area contributed by atoms with E-state index in [1.165, 1.54) is 22.7 Å². The van der Waals surface area contributed by atoms with E-state index in [1.807, 2.05) is 84.9 Å². The van der Waals surface area contributed by atoms with Crippen LogP contribution in [0, 0.1) is 0 Å². The van der Waals surface area contributed by atoms with Crippen LogP contribution in [0.25, 0.3) is 43.7 Å². The second-order valence-corrected chi connectivity index (χ2v) is 12.5. The third-order valence-corrected chi connectivity index (χ3v) is 9.01. The SMILES string of the molecule is O=C(O)Cc1sc(-c2ccccc2)nc1-c1ccc(Cl)cc1.O=C(O)Cc1sc(-c2ccccc2)nc1-c1ccc(Cl)cc1.[Cd]. The molecular weight excluding hydrogens is 748 g/mol. The van der Waals surface area contributed by atoms with Gasteiger partial charge in [-0.1, -0.05) is 108 Å². The predicted molar refractivity (Wildman–Crippen MR) is 179 cm³/mol. The molecule has 222 valence electrons. The molecule has 0 saturated carbocycles. The topological polar surface area (TPSA) is 100 Å². The number of halogens is 2. The summed E-state index contributed by atoms with van der Waals surface area (Å²) in [6.45, 7) is 0. The van der Waals surface area contributed by atoms with Gasteiger partial charge in [0.2, 0.25) is 0 Å². The van der Waals surface area contributed by atoms with E-state index in [1.54, 1.807) is 24.3 Å². The van der Waals surface area contributed by atoms with Crippen LogP contribution in [0.3, 0.4) is 0 Å². The fraction of sp³-hybridized carbons (Fsp3) is 0.0588. The summed E-state index contributed by atoms with van der Waals surface area (Å²) in [6, 6.07) is 34.1. The zero-order valence-corrected chi connectivity index (χ0v) is 30.9. The van der Waals surface area contributed by atoms with Crippen LogP contribution in [0.5, 0.6) is 0 Å². The monoisotopic (exact) mass is 772 g/mol. The van der Waals surface area contributed by atoms with Crippen molar-refractivity contribution in [3.05, 3.63) is 129 Å². The van der Waals surface area contributed by atoms with Crippen LogP contribution < -0.4 is 0 Å². The molecule has 0 amide bonds. The molecule has 0 aliphatic heterocycles. The molecule has 0 fully saturated rings. The van der Waals surface area contributed by atoms with Crippen molar-refractivity contribution in [1.82, 2.24) is 9.97 Å². The first-order valence-electron chi connectivity index (χ1n) is 13.3. The number of aliphatic carboxylic acids is 2. The van der Waals surface area contributed by atoms with E-state index in [4.69, 9.17) is 33.4 Å². The van der Waals surface area contributed by atoms with Gasteiger partial charge >= 0.3 is 11.9 Å². The molecule has 2 heterocycles. The maximum absolute atomic E-state index is 11.1. The fourth-order valence-electron chi connectivity index (χ4n) is 4.29. The summed E-state index contributed by atoms with van der Waals surface area (Å²) in [7, 11) is 0. The maximum Gasteiger partial charge on any atom is 0.308 e. The Labute approximate surface area is 298 Å². The standard InChI is InChI=1S/2C17H12ClNO2S.Cd/c2*18-13-8-6-11(7-9-13)16-14(10-15(20)21)22-17(19-16)12-4-2-1-3-5-12;/h2*1-9H,10H2,(H,20,21);. The average molecular weight is 772 g/mol. The van der Waals surface area contributed by atoms with Crippen molar-refractivity contribution >= 4 is 57.8 Å². The molecule has 45 heavy (non-hydrogen) atoms. The van der Waals surface area contributed by atoms with Gasteiger partial charge in [-0.25, -0.2) is 9.97 Å². The van der Waals surface area contributed by atoms with Gasteiger partial charge in [0, 0.05) is 69.4 Å². The number of aromatic nitrogens is 2. The minimum Gasteiger partial charge on any atom is -0.481 e. The first kappa shape index (κ1) is 34.5. The summed E-state index contributed by atoms with van der Waals surface area (Å²) < 4.78 is 0. The summed E-state index contributed by atoms with van der Waals surface area (Å²) in [6.07, 6.45) is -0.0785. The molecule has 0 aliphatic rings. The number of rotatable bonds is 8. The number of carboxylic acids is 2. The van der Waals surface area contributed by atoms with E-state index in [0.29, 0.717) is 21.4 Å². The van der Waals surface area contributed by atoms with Crippen LogP contribution in [0.4, 0.5) is 0 Å². The van der Waals surface area contributed by atoms with Crippen molar-refractivity contribution in [2.45, 2.75) is 12.8 Å². The van der Waals surface area contributed by atoms with E-state index in [9.17, 15) is 9.59 Å². The van der Waals surface area contributed by atoms with Crippen LogP contribution in [0.2, 0.25) is 10.0 Å². The Morgan fingerprint density at radius 3 is 1.18 bits per heavy atom. The number of carbonyl (C=O) groups is 2. The van der Waals surface area contributed by atoms with Crippen molar-refractivity contribution in [3.8, 4) is 43.7 Å². The molecule has 4 aromatic carbocycles. The van der Waals surface area contributed by atoms with Crippen LogP contribution in [-0.2, 0) is 49.7 Å². The van der Waals surface area contributed by atoms with Gasteiger partial charge in [0.05, 0.1) is 24.2 Å². The van der Waals surface area contributed by atoms with E-state index in [-0.39, 0.29) is 40.1 Å². The third kappa shape index (κ3) is 9.30. The van der Waals surface area contributed by atoms with E-state index >= 15 is 0 Å². The Hall–Kier alpha value is -3.42. The van der Waals surface area contributed by atoms with E-state index < -0.39 is 11.9 Å². The number of carboxylic acid groups (broad SMARTS) is 2. The summed E-state index contributed by atoms with van der Waals surface area (Å²) in [5.41, 5.74) is 5.14. The van der Waals surface area contributed by atoms with Crippen molar-refractivity contribution in [3.63, 3.8) is 0 Å². The minimum atomic E-state index is -0.863. The molecule has 2 N–H and O–H groups in total. The molecule has 0 spiro atoms.